The lowest BCUT2D eigenvalue weighted by Gasteiger charge is -2.21. The number of nitrogens with one attached hydrogen (secondary N) is 1. The lowest BCUT2D eigenvalue weighted by Crippen LogP contribution is -2.37. The second-order valence-electron chi connectivity index (χ2n) is 8.03. The van der Waals surface area contributed by atoms with E-state index in [0.717, 1.165) is 28.7 Å². The third-order valence-electron chi connectivity index (χ3n) is 5.36. The van der Waals surface area contributed by atoms with Gasteiger partial charge in [-0.3, -0.25) is 5.10 Å². The molecule has 0 spiro atoms. The van der Waals surface area contributed by atoms with Crippen LogP contribution >= 0.6 is 0 Å². The maximum Gasteiger partial charge on any atom is 0.335 e. The van der Waals surface area contributed by atoms with Crippen LogP contribution in [0, 0.1) is 11.6 Å². The van der Waals surface area contributed by atoms with E-state index in [0.29, 0.717) is 22.2 Å². The van der Waals surface area contributed by atoms with Crippen molar-refractivity contribution in [3.05, 3.63) is 59.4 Å². The standard InChI is InChI=1S/C22H21F2N3O3/c1-11(2)20-15(9-22(3,30)21(28)29)14-8-18-12(10-25-26-18)6-19(14)27(20)13-4-5-16(23)17(24)7-13/h4-8,10-11,30H,9H2,1-3H3,(H,25,26)(H,28,29). The number of aliphatic hydroxyl groups is 1. The SMILES string of the molecule is CC(C)c1c(CC(C)(O)C(=O)O)c2cc3[nH]ncc3cc2n1-c1ccc(F)c(F)c1. The highest BCUT2D eigenvalue weighted by Crippen LogP contribution is 2.38. The molecule has 2 aromatic carbocycles. The van der Waals surface area contributed by atoms with Gasteiger partial charge in [0.15, 0.2) is 17.2 Å². The molecule has 0 amide bonds. The summed E-state index contributed by atoms with van der Waals surface area (Å²) in [7, 11) is 0. The molecule has 4 aromatic rings. The van der Waals surface area contributed by atoms with Crippen LogP contribution in [0.1, 0.15) is 37.9 Å². The first-order chi connectivity index (χ1) is 14.1. The second kappa shape index (κ2) is 6.91. The number of hydrogen-bond donors (Lipinski definition) is 3. The van der Waals surface area contributed by atoms with Crippen LogP contribution in [0.25, 0.3) is 27.5 Å². The zero-order chi connectivity index (χ0) is 21.8. The topological polar surface area (TPSA) is 91.1 Å². The maximum absolute atomic E-state index is 14.1. The smallest absolute Gasteiger partial charge is 0.335 e. The first-order valence-electron chi connectivity index (χ1n) is 9.51. The van der Waals surface area contributed by atoms with Crippen molar-refractivity contribution in [2.75, 3.05) is 0 Å². The molecule has 1 unspecified atom stereocenters. The maximum atomic E-state index is 14.1. The molecule has 0 aliphatic carbocycles. The highest BCUT2D eigenvalue weighted by atomic mass is 19.2. The average Bonchev–Trinajstić information content (AvgIpc) is 3.24. The quantitative estimate of drug-likeness (QED) is 0.455. The van der Waals surface area contributed by atoms with Crippen LogP contribution in [-0.2, 0) is 11.2 Å². The lowest BCUT2D eigenvalue weighted by molar-refractivity contribution is -0.156. The predicted molar refractivity (Wildman–Crippen MR) is 109 cm³/mol. The van der Waals surface area contributed by atoms with Gasteiger partial charge in [0.25, 0.3) is 0 Å². The monoisotopic (exact) mass is 413 g/mol. The fourth-order valence-corrected chi connectivity index (χ4v) is 3.92. The van der Waals surface area contributed by atoms with Crippen LogP contribution in [0.2, 0.25) is 0 Å². The van der Waals surface area contributed by atoms with Crippen molar-refractivity contribution < 1.29 is 23.8 Å². The molecule has 0 aliphatic rings. The number of halogens is 2. The minimum atomic E-state index is -2.00. The Morgan fingerprint density at radius 1 is 1.23 bits per heavy atom. The van der Waals surface area contributed by atoms with Gasteiger partial charge < -0.3 is 14.8 Å². The predicted octanol–water partition coefficient (Wildman–Crippen LogP) is 4.29. The van der Waals surface area contributed by atoms with Gasteiger partial charge in [-0.25, -0.2) is 13.6 Å². The van der Waals surface area contributed by atoms with Crippen LogP contribution in [0.3, 0.4) is 0 Å². The van der Waals surface area contributed by atoms with Gasteiger partial charge >= 0.3 is 5.97 Å². The molecule has 0 radical (unpaired) electrons. The van der Waals surface area contributed by atoms with E-state index in [9.17, 15) is 23.8 Å². The first kappa shape index (κ1) is 20.0. The van der Waals surface area contributed by atoms with Gasteiger partial charge in [0.1, 0.15) is 0 Å². The van der Waals surface area contributed by atoms with Crippen molar-refractivity contribution in [2.45, 2.75) is 38.7 Å². The lowest BCUT2D eigenvalue weighted by atomic mass is 9.91. The molecule has 156 valence electrons. The molecular weight excluding hydrogens is 392 g/mol. The zero-order valence-corrected chi connectivity index (χ0v) is 16.7. The third kappa shape index (κ3) is 3.13. The van der Waals surface area contributed by atoms with E-state index < -0.39 is 23.2 Å². The number of aliphatic carboxylic acids is 1. The molecule has 0 bridgehead atoms. The van der Waals surface area contributed by atoms with Gasteiger partial charge in [-0.05, 0) is 42.7 Å². The van der Waals surface area contributed by atoms with E-state index in [1.54, 1.807) is 10.8 Å². The second-order valence-corrected chi connectivity index (χ2v) is 8.03. The van der Waals surface area contributed by atoms with Crippen LogP contribution in [-0.4, -0.2) is 36.5 Å². The molecule has 0 fully saturated rings. The summed E-state index contributed by atoms with van der Waals surface area (Å²) >= 11 is 0. The van der Waals surface area contributed by atoms with Crippen LogP contribution in [0.4, 0.5) is 8.78 Å². The Kier molecular flexibility index (Phi) is 4.62. The highest BCUT2D eigenvalue weighted by Gasteiger charge is 2.34. The normalized spacial score (nSPS) is 14.0. The first-order valence-corrected chi connectivity index (χ1v) is 9.51. The van der Waals surface area contributed by atoms with E-state index in [4.69, 9.17) is 0 Å². The number of carbonyl (C=O) groups is 1. The summed E-state index contributed by atoms with van der Waals surface area (Å²) in [6, 6.07) is 7.35. The van der Waals surface area contributed by atoms with Gasteiger partial charge in [0, 0.05) is 34.6 Å². The minimum Gasteiger partial charge on any atom is -0.479 e. The van der Waals surface area contributed by atoms with E-state index in [1.165, 1.54) is 13.0 Å². The van der Waals surface area contributed by atoms with Crippen molar-refractivity contribution in [1.29, 1.82) is 0 Å². The number of hydrogen-bond acceptors (Lipinski definition) is 3. The molecule has 0 saturated heterocycles. The molecular formula is C22H21F2N3O3. The van der Waals surface area contributed by atoms with Gasteiger partial charge in [-0.2, -0.15) is 5.10 Å². The van der Waals surface area contributed by atoms with Crippen LogP contribution in [0.5, 0.6) is 0 Å². The number of benzene rings is 2. The number of rotatable bonds is 5. The average molecular weight is 413 g/mol. The Morgan fingerprint density at radius 2 is 1.97 bits per heavy atom. The Labute approximate surface area is 170 Å². The minimum absolute atomic E-state index is 0.0958. The number of H-pyrrole nitrogens is 1. The summed E-state index contributed by atoms with van der Waals surface area (Å²) in [6.45, 7) is 5.10. The van der Waals surface area contributed by atoms with Gasteiger partial charge in [0.05, 0.1) is 17.2 Å². The van der Waals surface area contributed by atoms with Crippen LogP contribution in [0.15, 0.2) is 36.5 Å². The van der Waals surface area contributed by atoms with Crippen molar-refractivity contribution in [3.63, 3.8) is 0 Å². The Bertz CT molecular complexity index is 1290. The van der Waals surface area contributed by atoms with Crippen molar-refractivity contribution in [1.82, 2.24) is 14.8 Å². The molecule has 8 heteroatoms. The van der Waals surface area contributed by atoms with E-state index >= 15 is 0 Å². The molecule has 30 heavy (non-hydrogen) atoms. The van der Waals surface area contributed by atoms with E-state index in [2.05, 4.69) is 10.2 Å². The number of aromatic amines is 1. The number of nitrogens with zero attached hydrogens (tertiary/aromatic N) is 2. The van der Waals surface area contributed by atoms with Crippen molar-refractivity contribution in [2.24, 2.45) is 0 Å². The number of aromatic nitrogens is 3. The summed E-state index contributed by atoms with van der Waals surface area (Å²) in [4.78, 5) is 11.6. The van der Waals surface area contributed by atoms with Gasteiger partial charge in [0.2, 0.25) is 0 Å². The summed E-state index contributed by atoms with van der Waals surface area (Å²) in [5, 5.41) is 28.4. The van der Waals surface area contributed by atoms with Gasteiger partial charge in [-0.1, -0.05) is 13.8 Å². The van der Waals surface area contributed by atoms with Crippen molar-refractivity contribution in [3.8, 4) is 5.69 Å². The summed E-state index contributed by atoms with van der Waals surface area (Å²) in [5.41, 5.74) is 1.20. The highest BCUT2D eigenvalue weighted by molar-refractivity contribution is 5.99. The van der Waals surface area contributed by atoms with Crippen LogP contribution < -0.4 is 0 Å². The Balaban J connectivity index is 2.12. The van der Waals surface area contributed by atoms with E-state index in [-0.39, 0.29) is 12.3 Å². The number of fused-ring (bicyclic) bond motifs is 2. The summed E-state index contributed by atoms with van der Waals surface area (Å²) in [6.07, 6.45) is 1.50. The zero-order valence-electron chi connectivity index (χ0n) is 16.7. The number of carboxylic acids is 1. The fourth-order valence-electron chi connectivity index (χ4n) is 3.92. The summed E-state index contributed by atoms with van der Waals surface area (Å²) < 4.78 is 29.4. The number of carboxylic acid groups (broad SMARTS) is 1. The fraction of sp³-hybridized carbons (Fsp3) is 0.273. The molecule has 3 N–H and O–H groups in total. The molecule has 6 nitrogen and oxygen atoms in total. The largest absolute Gasteiger partial charge is 0.479 e. The molecule has 0 aliphatic heterocycles. The third-order valence-corrected chi connectivity index (χ3v) is 5.36. The summed E-state index contributed by atoms with van der Waals surface area (Å²) in [5.74, 6) is -3.37. The Morgan fingerprint density at radius 3 is 2.60 bits per heavy atom. The van der Waals surface area contributed by atoms with E-state index in [1.807, 2.05) is 26.0 Å². The van der Waals surface area contributed by atoms with Crippen molar-refractivity contribution >= 4 is 27.8 Å². The molecule has 2 heterocycles. The molecule has 2 aromatic heterocycles. The molecule has 4 rings (SSSR count). The molecule has 0 saturated carbocycles. The van der Waals surface area contributed by atoms with Gasteiger partial charge in [-0.15, -0.1) is 0 Å². The Hall–Kier alpha value is -3.26. The molecule has 1 atom stereocenters.